The number of aryl methyl sites for hydroxylation is 2. The molecule has 0 aliphatic rings. The zero-order valence-electron chi connectivity index (χ0n) is 12.8. The highest BCUT2D eigenvalue weighted by Crippen LogP contribution is 2.16. The Morgan fingerprint density at radius 2 is 2.00 bits per heavy atom. The van der Waals surface area contributed by atoms with Gasteiger partial charge in [-0.2, -0.15) is 0 Å². The quantitative estimate of drug-likeness (QED) is 0.450. The van der Waals surface area contributed by atoms with Crippen LogP contribution < -0.4 is 10.6 Å². The van der Waals surface area contributed by atoms with Gasteiger partial charge < -0.3 is 20.4 Å². The van der Waals surface area contributed by atoms with Crippen molar-refractivity contribution in [1.29, 1.82) is 0 Å². The van der Waals surface area contributed by atoms with Crippen LogP contribution in [-0.4, -0.2) is 43.7 Å². The van der Waals surface area contributed by atoms with Crippen molar-refractivity contribution < 1.29 is 9.53 Å². The molecule has 3 N–H and O–H groups in total. The van der Waals surface area contributed by atoms with E-state index in [1.54, 1.807) is 0 Å². The molecule has 114 valence electrons. The van der Waals surface area contributed by atoms with E-state index in [4.69, 9.17) is 4.74 Å². The lowest BCUT2D eigenvalue weighted by Crippen LogP contribution is -2.27. The highest BCUT2D eigenvalue weighted by Gasteiger charge is 2.16. The molecule has 5 heteroatoms. The minimum Gasteiger partial charge on any atom is -0.462 e. The third-order valence-corrected chi connectivity index (χ3v) is 3.15. The van der Waals surface area contributed by atoms with Crippen LogP contribution >= 0.6 is 0 Å². The van der Waals surface area contributed by atoms with E-state index in [9.17, 15) is 4.79 Å². The van der Waals surface area contributed by atoms with Gasteiger partial charge >= 0.3 is 5.97 Å². The molecule has 1 aromatic rings. The van der Waals surface area contributed by atoms with Gasteiger partial charge in [0, 0.05) is 25.0 Å². The van der Waals surface area contributed by atoms with Crippen molar-refractivity contribution in [2.75, 3.05) is 32.8 Å². The van der Waals surface area contributed by atoms with Crippen LogP contribution in [0.25, 0.3) is 0 Å². The lowest BCUT2D eigenvalue weighted by molar-refractivity contribution is 0.0524. The molecule has 0 spiro atoms. The summed E-state index contributed by atoms with van der Waals surface area (Å²) in [6, 6.07) is 0. The van der Waals surface area contributed by atoms with E-state index in [1.165, 1.54) is 0 Å². The van der Waals surface area contributed by atoms with Crippen LogP contribution in [0.4, 0.5) is 0 Å². The number of aromatic nitrogens is 1. The summed E-state index contributed by atoms with van der Waals surface area (Å²) in [7, 11) is 0. The zero-order valence-corrected chi connectivity index (χ0v) is 12.8. The van der Waals surface area contributed by atoms with Crippen molar-refractivity contribution in [2.24, 2.45) is 0 Å². The van der Waals surface area contributed by atoms with E-state index in [-0.39, 0.29) is 5.97 Å². The lowest BCUT2D eigenvalue weighted by atomic mass is 10.1. The van der Waals surface area contributed by atoms with Crippen molar-refractivity contribution in [3.8, 4) is 0 Å². The van der Waals surface area contributed by atoms with Gasteiger partial charge in [-0.3, -0.25) is 0 Å². The largest absolute Gasteiger partial charge is 0.462 e. The molecule has 5 nitrogen and oxygen atoms in total. The fraction of sp³-hybridized carbons (Fsp3) is 0.667. The number of likely N-dealkylation sites (N-methyl/N-ethyl adjacent to an activating group) is 1. The van der Waals surface area contributed by atoms with Crippen molar-refractivity contribution >= 4 is 5.97 Å². The molecule has 20 heavy (non-hydrogen) atoms. The first-order chi connectivity index (χ1) is 9.70. The molecule has 1 rings (SSSR count). The van der Waals surface area contributed by atoms with Crippen molar-refractivity contribution in [3.05, 3.63) is 23.0 Å². The van der Waals surface area contributed by atoms with E-state index in [1.807, 2.05) is 20.0 Å². The van der Waals surface area contributed by atoms with E-state index in [2.05, 4.69) is 22.5 Å². The molecule has 0 unspecified atom stereocenters. The number of nitrogens with one attached hydrogen (secondary N) is 3. The van der Waals surface area contributed by atoms with E-state index < -0.39 is 0 Å². The molecular formula is C15H27N3O2. The molecule has 0 radical (unpaired) electrons. The SMILES string of the molecule is CCNCCNCCCc1[nH]cc(C)c1C(=O)OCC. The topological polar surface area (TPSA) is 66.1 Å². The Labute approximate surface area is 121 Å². The van der Waals surface area contributed by atoms with Crippen LogP contribution in [0, 0.1) is 6.92 Å². The first kappa shape index (κ1) is 16.7. The number of carbonyl (C=O) groups excluding carboxylic acids is 1. The van der Waals surface area contributed by atoms with Crippen LogP contribution in [0.15, 0.2) is 6.20 Å². The van der Waals surface area contributed by atoms with Crippen LogP contribution in [-0.2, 0) is 11.2 Å². The van der Waals surface area contributed by atoms with E-state index >= 15 is 0 Å². The third-order valence-electron chi connectivity index (χ3n) is 3.15. The van der Waals surface area contributed by atoms with Crippen LogP contribution in [0.1, 0.15) is 41.9 Å². The van der Waals surface area contributed by atoms with Crippen molar-refractivity contribution in [2.45, 2.75) is 33.6 Å². The second-order valence-electron chi connectivity index (χ2n) is 4.75. The molecular weight excluding hydrogens is 254 g/mol. The van der Waals surface area contributed by atoms with Gasteiger partial charge in [0.25, 0.3) is 0 Å². The van der Waals surface area contributed by atoms with E-state index in [0.717, 1.165) is 50.3 Å². The molecule has 0 amide bonds. The molecule has 1 aromatic heterocycles. The molecule has 0 aliphatic carbocycles. The molecule has 0 aromatic carbocycles. The van der Waals surface area contributed by atoms with Gasteiger partial charge in [-0.1, -0.05) is 6.92 Å². The predicted molar refractivity (Wildman–Crippen MR) is 81.2 cm³/mol. The number of esters is 1. The summed E-state index contributed by atoms with van der Waals surface area (Å²) in [4.78, 5) is 15.1. The number of aromatic amines is 1. The van der Waals surface area contributed by atoms with Gasteiger partial charge in [0.05, 0.1) is 12.2 Å². The summed E-state index contributed by atoms with van der Waals surface area (Å²) in [6.07, 6.45) is 3.73. The first-order valence-corrected chi connectivity index (χ1v) is 7.46. The molecule has 0 aliphatic heterocycles. The zero-order chi connectivity index (χ0) is 14.8. The first-order valence-electron chi connectivity index (χ1n) is 7.46. The van der Waals surface area contributed by atoms with E-state index in [0.29, 0.717) is 12.2 Å². The number of hydrogen-bond donors (Lipinski definition) is 3. The molecule has 0 atom stereocenters. The van der Waals surface area contributed by atoms with Crippen LogP contribution in [0.5, 0.6) is 0 Å². The van der Waals surface area contributed by atoms with Crippen LogP contribution in [0.3, 0.4) is 0 Å². The number of ether oxygens (including phenoxy) is 1. The molecule has 0 saturated carbocycles. The Morgan fingerprint density at radius 3 is 2.70 bits per heavy atom. The monoisotopic (exact) mass is 281 g/mol. The van der Waals surface area contributed by atoms with Crippen molar-refractivity contribution in [3.63, 3.8) is 0 Å². The summed E-state index contributed by atoms with van der Waals surface area (Å²) < 4.78 is 5.10. The van der Waals surface area contributed by atoms with Gasteiger partial charge in [0.15, 0.2) is 0 Å². The molecule has 0 fully saturated rings. The highest BCUT2D eigenvalue weighted by molar-refractivity contribution is 5.92. The summed E-state index contributed by atoms with van der Waals surface area (Å²) in [5.74, 6) is -0.221. The number of hydrogen-bond acceptors (Lipinski definition) is 4. The Kier molecular flexibility index (Phi) is 7.99. The van der Waals surface area contributed by atoms with Gasteiger partial charge in [-0.05, 0) is 45.3 Å². The van der Waals surface area contributed by atoms with Gasteiger partial charge in [0.1, 0.15) is 0 Å². The van der Waals surface area contributed by atoms with Gasteiger partial charge in [0.2, 0.25) is 0 Å². The minimum atomic E-state index is -0.221. The second-order valence-corrected chi connectivity index (χ2v) is 4.75. The molecule has 0 saturated heterocycles. The summed E-state index contributed by atoms with van der Waals surface area (Å²) in [5, 5.41) is 6.65. The number of H-pyrrole nitrogens is 1. The van der Waals surface area contributed by atoms with Crippen LogP contribution in [0.2, 0.25) is 0 Å². The Balaban J connectivity index is 2.35. The fourth-order valence-corrected chi connectivity index (χ4v) is 2.13. The fourth-order valence-electron chi connectivity index (χ4n) is 2.13. The highest BCUT2D eigenvalue weighted by atomic mass is 16.5. The average molecular weight is 281 g/mol. The maximum absolute atomic E-state index is 11.9. The van der Waals surface area contributed by atoms with Crippen molar-refractivity contribution in [1.82, 2.24) is 15.6 Å². The second kappa shape index (κ2) is 9.55. The summed E-state index contributed by atoms with van der Waals surface area (Å²) in [5.41, 5.74) is 2.65. The normalized spacial score (nSPS) is 10.8. The maximum atomic E-state index is 11.9. The number of carbonyl (C=O) groups is 1. The Morgan fingerprint density at radius 1 is 1.25 bits per heavy atom. The predicted octanol–water partition coefficient (Wildman–Crippen LogP) is 1.63. The Hall–Kier alpha value is -1.33. The molecule has 1 heterocycles. The maximum Gasteiger partial charge on any atom is 0.340 e. The van der Waals surface area contributed by atoms with Gasteiger partial charge in [-0.25, -0.2) is 4.79 Å². The third kappa shape index (κ3) is 5.35. The smallest absolute Gasteiger partial charge is 0.340 e. The molecule has 0 bridgehead atoms. The standard InChI is InChI=1S/C15H27N3O2/c1-4-16-9-10-17-8-6-7-13-14(12(3)11-18-13)15(19)20-5-2/h11,16-18H,4-10H2,1-3H3. The summed E-state index contributed by atoms with van der Waals surface area (Å²) >= 11 is 0. The lowest BCUT2D eigenvalue weighted by Gasteiger charge is -2.07. The Bertz CT molecular complexity index is 402. The average Bonchev–Trinajstić information content (AvgIpc) is 2.79. The number of rotatable bonds is 10. The minimum absolute atomic E-state index is 0.221. The summed E-state index contributed by atoms with van der Waals surface area (Å²) in [6.45, 7) is 10.2. The van der Waals surface area contributed by atoms with Gasteiger partial charge in [-0.15, -0.1) is 0 Å².